The summed E-state index contributed by atoms with van der Waals surface area (Å²) < 4.78 is 5.82. The highest BCUT2D eigenvalue weighted by atomic mass is 16.5. The summed E-state index contributed by atoms with van der Waals surface area (Å²) in [5, 5.41) is 9.68. The fourth-order valence-electron chi connectivity index (χ4n) is 3.27. The Hall–Kier alpha value is -3.66. The number of rotatable bonds is 3. The van der Waals surface area contributed by atoms with Gasteiger partial charge in [0.15, 0.2) is 0 Å². The van der Waals surface area contributed by atoms with Crippen molar-refractivity contribution >= 4 is 16.8 Å². The minimum Gasteiger partial charge on any atom is -0.472 e. The van der Waals surface area contributed by atoms with Gasteiger partial charge in [0, 0.05) is 42.2 Å². The number of nitrogens with zero attached hydrogens (tertiary/aromatic N) is 3. The number of pyridine rings is 2. The maximum atomic E-state index is 13.0. The first-order chi connectivity index (χ1) is 13.1. The third-order valence-electron chi connectivity index (χ3n) is 4.56. The molecule has 1 amide bonds. The number of likely N-dealkylation sites (tertiary alicyclic amines) is 1. The zero-order valence-electron chi connectivity index (χ0n) is 14.4. The largest absolute Gasteiger partial charge is 0.472 e. The SMILES string of the molecule is N#Cc1ccnc(OC2CCN(C(=O)c3cc(=O)[nH]c4ccccc34)C2)c1. The predicted molar refractivity (Wildman–Crippen MR) is 98.5 cm³/mol. The van der Waals surface area contributed by atoms with Gasteiger partial charge in [0.05, 0.1) is 23.7 Å². The molecule has 0 spiro atoms. The van der Waals surface area contributed by atoms with Crippen molar-refractivity contribution in [2.75, 3.05) is 13.1 Å². The van der Waals surface area contributed by atoms with Crippen molar-refractivity contribution in [3.63, 3.8) is 0 Å². The molecule has 7 heteroatoms. The van der Waals surface area contributed by atoms with Crippen LogP contribution in [-0.2, 0) is 0 Å². The Balaban J connectivity index is 1.53. The van der Waals surface area contributed by atoms with Crippen LogP contribution in [0.2, 0.25) is 0 Å². The first-order valence-electron chi connectivity index (χ1n) is 8.58. The van der Waals surface area contributed by atoms with Crippen LogP contribution in [0.5, 0.6) is 5.88 Å². The Labute approximate surface area is 154 Å². The van der Waals surface area contributed by atoms with Crippen molar-refractivity contribution in [2.45, 2.75) is 12.5 Å². The van der Waals surface area contributed by atoms with Crippen molar-refractivity contribution in [3.8, 4) is 11.9 Å². The minimum absolute atomic E-state index is 0.192. The number of hydrogen-bond acceptors (Lipinski definition) is 5. The van der Waals surface area contributed by atoms with E-state index in [1.807, 2.05) is 24.3 Å². The van der Waals surface area contributed by atoms with Gasteiger partial charge in [0.25, 0.3) is 5.91 Å². The fourth-order valence-corrected chi connectivity index (χ4v) is 3.27. The molecule has 1 aromatic carbocycles. The number of benzene rings is 1. The van der Waals surface area contributed by atoms with Crippen LogP contribution >= 0.6 is 0 Å². The van der Waals surface area contributed by atoms with Crippen LogP contribution in [0, 0.1) is 11.3 Å². The first kappa shape index (κ1) is 16.8. The summed E-state index contributed by atoms with van der Waals surface area (Å²) in [6, 6.07) is 13.8. The van der Waals surface area contributed by atoms with Gasteiger partial charge in [-0.2, -0.15) is 5.26 Å². The standard InChI is InChI=1S/C20H16N4O3/c21-11-13-5-7-22-19(9-13)27-14-6-8-24(12-14)20(26)16-10-18(25)23-17-4-2-1-3-15(16)17/h1-5,7,9-10,14H,6,8,12H2,(H,23,25). The molecule has 3 heterocycles. The van der Waals surface area contributed by atoms with Gasteiger partial charge in [0.2, 0.25) is 11.4 Å². The van der Waals surface area contributed by atoms with Crippen LogP contribution in [0.25, 0.3) is 10.9 Å². The summed E-state index contributed by atoms with van der Waals surface area (Å²) in [6.07, 6.45) is 1.98. The molecule has 27 heavy (non-hydrogen) atoms. The third-order valence-corrected chi connectivity index (χ3v) is 4.56. The van der Waals surface area contributed by atoms with E-state index in [9.17, 15) is 9.59 Å². The molecule has 1 fully saturated rings. The summed E-state index contributed by atoms with van der Waals surface area (Å²) in [5.41, 5.74) is 1.19. The molecule has 0 saturated carbocycles. The Morgan fingerprint density at radius 2 is 2.15 bits per heavy atom. The lowest BCUT2D eigenvalue weighted by Crippen LogP contribution is -2.32. The molecule has 1 aliphatic heterocycles. The Bertz CT molecular complexity index is 1120. The number of carbonyl (C=O) groups is 1. The number of amides is 1. The Morgan fingerprint density at radius 3 is 3.00 bits per heavy atom. The number of para-hydroxylation sites is 1. The van der Waals surface area contributed by atoms with Crippen molar-refractivity contribution in [2.24, 2.45) is 0 Å². The monoisotopic (exact) mass is 360 g/mol. The maximum absolute atomic E-state index is 13.0. The molecule has 2 aromatic heterocycles. The van der Waals surface area contributed by atoms with Gasteiger partial charge in [-0.3, -0.25) is 9.59 Å². The zero-order valence-corrected chi connectivity index (χ0v) is 14.4. The van der Waals surface area contributed by atoms with Crippen molar-refractivity contribution in [3.05, 3.63) is 70.1 Å². The highest BCUT2D eigenvalue weighted by Crippen LogP contribution is 2.22. The van der Waals surface area contributed by atoms with Crippen LogP contribution in [0.4, 0.5) is 0 Å². The van der Waals surface area contributed by atoms with E-state index in [-0.39, 0.29) is 17.6 Å². The summed E-state index contributed by atoms with van der Waals surface area (Å²) in [7, 11) is 0. The molecule has 4 rings (SSSR count). The number of H-pyrrole nitrogens is 1. The number of nitriles is 1. The van der Waals surface area contributed by atoms with Gasteiger partial charge in [0.1, 0.15) is 6.10 Å². The van der Waals surface area contributed by atoms with E-state index in [2.05, 4.69) is 9.97 Å². The van der Waals surface area contributed by atoms with Crippen molar-refractivity contribution in [1.82, 2.24) is 14.9 Å². The van der Waals surface area contributed by atoms with Gasteiger partial charge in [-0.25, -0.2) is 4.98 Å². The summed E-state index contributed by atoms with van der Waals surface area (Å²) >= 11 is 0. The molecular weight excluding hydrogens is 344 g/mol. The van der Waals surface area contributed by atoms with Crippen LogP contribution in [0.1, 0.15) is 22.3 Å². The van der Waals surface area contributed by atoms with Crippen molar-refractivity contribution in [1.29, 1.82) is 5.26 Å². The minimum atomic E-state index is -0.304. The number of ether oxygens (including phenoxy) is 1. The van der Waals surface area contributed by atoms with E-state index in [4.69, 9.17) is 10.00 Å². The van der Waals surface area contributed by atoms with Crippen LogP contribution < -0.4 is 10.3 Å². The van der Waals surface area contributed by atoms with E-state index in [1.165, 1.54) is 12.3 Å². The molecule has 1 N–H and O–H groups in total. The molecule has 0 aliphatic carbocycles. The number of nitrogens with one attached hydrogen (secondary N) is 1. The average molecular weight is 360 g/mol. The van der Waals surface area contributed by atoms with Crippen LogP contribution in [0.15, 0.2) is 53.5 Å². The lowest BCUT2D eigenvalue weighted by atomic mass is 10.1. The van der Waals surface area contributed by atoms with E-state index in [0.29, 0.717) is 42.0 Å². The topological polar surface area (TPSA) is 99.1 Å². The van der Waals surface area contributed by atoms with Crippen LogP contribution in [0.3, 0.4) is 0 Å². The average Bonchev–Trinajstić information content (AvgIpc) is 3.15. The lowest BCUT2D eigenvalue weighted by molar-refractivity contribution is 0.0773. The number of fused-ring (bicyclic) bond motifs is 1. The highest BCUT2D eigenvalue weighted by Gasteiger charge is 2.29. The second-order valence-electron chi connectivity index (χ2n) is 6.37. The molecule has 1 unspecified atom stereocenters. The normalized spacial score (nSPS) is 16.3. The molecule has 0 bridgehead atoms. The summed E-state index contributed by atoms with van der Waals surface area (Å²) in [4.78, 5) is 33.4. The number of aromatic nitrogens is 2. The fraction of sp³-hybridized carbons (Fsp3) is 0.200. The second-order valence-corrected chi connectivity index (χ2v) is 6.37. The van der Waals surface area contributed by atoms with E-state index in [1.54, 1.807) is 23.1 Å². The predicted octanol–water partition coefficient (Wildman–Crippen LogP) is 2.09. The van der Waals surface area contributed by atoms with Gasteiger partial charge in [-0.1, -0.05) is 18.2 Å². The quantitative estimate of drug-likeness (QED) is 0.771. The maximum Gasteiger partial charge on any atom is 0.254 e. The second kappa shape index (κ2) is 6.92. The molecule has 1 aliphatic rings. The molecule has 0 radical (unpaired) electrons. The molecular formula is C20H16N4O3. The first-order valence-corrected chi connectivity index (χ1v) is 8.58. The highest BCUT2D eigenvalue weighted by molar-refractivity contribution is 6.06. The summed E-state index contributed by atoms with van der Waals surface area (Å²) in [6.45, 7) is 0.932. The zero-order chi connectivity index (χ0) is 18.8. The summed E-state index contributed by atoms with van der Waals surface area (Å²) in [5.74, 6) is 0.178. The molecule has 7 nitrogen and oxygen atoms in total. The molecule has 3 aromatic rings. The molecule has 1 saturated heterocycles. The van der Waals surface area contributed by atoms with Gasteiger partial charge in [-0.05, 0) is 12.1 Å². The van der Waals surface area contributed by atoms with E-state index in [0.717, 1.165) is 5.39 Å². The van der Waals surface area contributed by atoms with Gasteiger partial charge in [-0.15, -0.1) is 0 Å². The van der Waals surface area contributed by atoms with Gasteiger partial charge < -0.3 is 14.6 Å². The van der Waals surface area contributed by atoms with E-state index >= 15 is 0 Å². The molecule has 1 atom stereocenters. The van der Waals surface area contributed by atoms with E-state index < -0.39 is 0 Å². The number of carbonyl (C=O) groups excluding carboxylic acids is 1. The van der Waals surface area contributed by atoms with Gasteiger partial charge >= 0.3 is 0 Å². The lowest BCUT2D eigenvalue weighted by Gasteiger charge is -2.18. The Morgan fingerprint density at radius 1 is 1.30 bits per heavy atom. The number of aromatic amines is 1. The number of hydrogen-bond donors (Lipinski definition) is 1. The smallest absolute Gasteiger partial charge is 0.254 e. The molecule has 134 valence electrons. The Kier molecular flexibility index (Phi) is 4.30. The third kappa shape index (κ3) is 3.37. The van der Waals surface area contributed by atoms with Crippen molar-refractivity contribution < 1.29 is 9.53 Å². The van der Waals surface area contributed by atoms with Crippen LogP contribution in [-0.4, -0.2) is 40.0 Å².